The number of aromatic nitrogens is 2. The van der Waals surface area contributed by atoms with Gasteiger partial charge in [-0.15, -0.1) is 0 Å². The fraction of sp³-hybridized carbons (Fsp3) is 0.565. The van der Waals surface area contributed by atoms with Crippen LogP contribution >= 0.6 is 0 Å². The highest BCUT2D eigenvalue weighted by atomic mass is 16.1. The van der Waals surface area contributed by atoms with E-state index < -0.39 is 0 Å². The summed E-state index contributed by atoms with van der Waals surface area (Å²) in [5.41, 5.74) is 4.35. The highest BCUT2D eigenvalue weighted by Crippen LogP contribution is 2.20. The molecule has 0 aliphatic heterocycles. The number of carbonyl (C=O) groups is 1. The first-order chi connectivity index (χ1) is 13.4. The van der Waals surface area contributed by atoms with Crippen LogP contribution in [0.5, 0.6) is 0 Å². The average Bonchev–Trinajstić information content (AvgIpc) is 2.92. The van der Waals surface area contributed by atoms with E-state index in [2.05, 4.69) is 74.2 Å². The number of hydrogen-bond acceptors (Lipinski definition) is 3. The predicted octanol–water partition coefficient (Wildman–Crippen LogP) is 3.90. The molecule has 1 N–H and O–H groups in total. The molecule has 0 bridgehead atoms. The summed E-state index contributed by atoms with van der Waals surface area (Å²) in [4.78, 5) is 15.1. The first-order valence-electron chi connectivity index (χ1n) is 10.5. The largest absolute Gasteiger partial charge is 0.354 e. The maximum absolute atomic E-state index is 12.7. The molecule has 5 heteroatoms. The second kappa shape index (κ2) is 10.4. The van der Waals surface area contributed by atoms with Gasteiger partial charge in [-0.25, -0.2) is 0 Å². The number of likely N-dealkylation sites (N-methyl/N-ethyl adjacent to an activating group) is 1. The third kappa shape index (κ3) is 5.68. The standard InChI is InChI=1S/C23H36N4O/c1-7-26(8-2)22(20-12-10-9-11-13-20)15-24-23(28)14-21-18(5)25-27(19(21)6)16-17(3)4/h9-13,17,22H,7-8,14-16H2,1-6H3,(H,24,28). The Balaban J connectivity index is 2.06. The Bertz CT molecular complexity index is 747. The molecule has 2 aromatic rings. The molecule has 2 rings (SSSR count). The normalized spacial score (nSPS) is 12.6. The maximum atomic E-state index is 12.7. The summed E-state index contributed by atoms with van der Waals surface area (Å²) < 4.78 is 2.03. The molecule has 0 spiro atoms. The molecule has 28 heavy (non-hydrogen) atoms. The van der Waals surface area contributed by atoms with Gasteiger partial charge in [-0.1, -0.05) is 58.0 Å². The van der Waals surface area contributed by atoms with Crippen LogP contribution in [-0.4, -0.2) is 40.2 Å². The van der Waals surface area contributed by atoms with Gasteiger partial charge in [0.1, 0.15) is 0 Å². The fourth-order valence-electron chi connectivity index (χ4n) is 3.74. The van der Waals surface area contributed by atoms with Gasteiger partial charge >= 0.3 is 0 Å². The van der Waals surface area contributed by atoms with Crippen LogP contribution in [0, 0.1) is 19.8 Å². The van der Waals surface area contributed by atoms with Gasteiger partial charge in [-0.3, -0.25) is 14.4 Å². The van der Waals surface area contributed by atoms with Crippen molar-refractivity contribution in [3.8, 4) is 0 Å². The zero-order valence-corrected chi connectivity index (χ0v) is 18.3. The molecular formula is C23H36N4O. The van der Waals surface area contributed by atoms with Crippen molar-refractivity contribution in [1.82, 2.24) is 20.0 Å². The van der Waals surface area contributed by atoms with Gasteiger partial charge < -0.3 is 5.32 Å². The van der Waals surface area contributed by atoms with Gasteiger partial charge in [0.2, 0.25) is 5.91 Å². The van der Waals surface area contributed by atoms with Crippen molar-refractivity contribution in [2.45, 2.75) is 60.5 Å². The first kappa shape index (κ1) is 22.2. The van der Waals surface area contributed by atoms with E-state index >= 15 is 0 Å². The van der Waals surface area contributed by atoms with E-state index in [0.29, 0.717) is 18.9 Å². The van der Waals surface area contributed by atoms with Crippen molar-refractivity contribution >= 4 is 5.91 Å². The highest BCUT2D eigenvalue weighted by molar-refractivity contribution is 5.79. The number of aryl methyl sites for hydroxylation is 1. The van der Waals surface area contributed by atoms with E-state index in [-0.39, 0.29) is 11.9 Å². The van der Waals surface area contributed by atoms with Gasteiger partial charge in [-0.05, 0) is 38.4 Å². The molecule has 5 nitrogen and oxygen atoms in total. The Morgan fingerprint density at radius 2 is 1.79 bits per heavy atom. The van der Waals surface area contributed by atoms with Crippen molar-refractivity contribution < 1.29 is 4.79 Å². The number of amides is 1. The van der Waals surface area contributed by atoms with Gasteiger partial charge in [0.05, 0.1) is 18.2 Å². The minimum absolute atomic E-state index is 0.0587. The Hall–Kier alpha value is -2.14. The molecule has 0 aliphatic rings. The topological polar surface area (TPSA) is 50.2 Å². The van der Waals surface area contributed by atoms with Crippen molar-refractivity contribution in [3.63, 3.8) is 0 Å². The molecule has 1 amide bonds. The summed E-state index contributed by atoms with van der Waals surface area (Å²) in [6.07, 6.45) is 0.384. The number of hydrogen-bond donors (Lipinski definition) is 1. The summed E-state index contributed by atoms with van der Waals surface area (Å²) in [6.45, 7) is 16.1. The predicted molar refractivity (Wildman–Crippen MR) is 115 cm³/mol. The highest BCUT2D eigenvalue weighted by Gasteiger charge is 2.20. The van der Waals surface area contributed by atoms with Gasteiger partial charge in [0.25, 0.3) is 0 Å². The summed E-state index contributed by atoms with van der Waals surface area (Å²) >= 11 is 0. The number of rotatable bonds is 10. The fourth-order valence-corrected chi connectivity index (χ4v) is 3.74. The second-order valence-corrected chi connectivity index (χ2v) is 7.85. The van der Waals surface area contributed by atoms with Crippen LogP contribution in [0.3, 0.4) is 0 Å². The molecule has 1 heterocycles. The molecule has 0 fully saturated rings. The van der Waals surface area contributed by atoms with Crippen LogP contribution in [0.1, 0.15) is 56.3 Å². The lowest BCUT2D eigenvalue weighted by Gasteiger charge is -2.30. The molecule has 1 aromatic carbocycles. The van der Waals surface area contributed by atoms with Crippen LogP contribution in [0.25, 0.3) is 0 Å². The lowest BCUT2D eigenvalue weighted by Crippen LogP contribution is -2.38. The van der Waals surface area contributed by atoms with E-state index in [4.69, 9.17) is 0 Å². The summed E-state index contributed by atoms with van der Waals surface area (Å²) in [6, 6.07) is 10.6. The van der Waals surface area contributed by atoms with Crippen molar-refractivity contribution in [3.05, 3.63) is 52.8 Å². The van der Waals surface area contributed by atoms with E-state index in [1.165, 1.54) is 5.56 Å². The minimum atomic E-state index is 0.0587. The van der Waals surface area contributed by atoms with Crippen LogP contribution in [-0.2, 0) is 17.8 Å². The van der Waals surface area contributed by atoms with Crippen LogP contribution in [0.4, 0.5) is 0 Å². The summed E-state index contributed by atoms with van der Waals surface area (Å²) in [5, 5.41) is 7.80. The van der Waals surface area contributed by atoms with Gasteiger partial charge in [0, 0.05) is 24.3 Å². The van der Waals surface area contributed by atoms with Gasteiger partial charge in [0.15, 0.2) is 0 Å². The average molecular weight is 385 g/mol. The lowest BCUT2D eigenvalue weighted by atomic mass is 10.0. The van der Waals surface area contributed by atoms with E-state index in [1.807, 2.05) is 17.7 Å². The summed E-state index contributed by atoms with van der Waals surface area (Å²) in [7, 11) is 0. The van der Waals surface area contributed by atoms with Crippen molar-refractivity contribution in [2.75, 3.05) is 19.6 Å². The monoisotopic (exact) mass is 384 g/mol. The molecule has 0 radical (unpaired) electrons. The summed E-state index contributed by atoms with van der Waals surface area (Å²) in [5.74, 6) is 0.587. The second-order valence-electron chi connectivity index (χ2n) is 7.85. The molecule has 1 atom stereocenters. The van der Waals surface area contributed by atoms with E-state index in [9.17, 15) is 4.79 Å². The zero-order valence-electron chi connectivity index (χ0n) is 18.3. The van der Waals surface area contributed by atoms with Crippen LogP contribution in [0.15, 0.2) is 30.3 Å². The SMILES string of the molecule is CCN(CC)C(CNC(=O)Cc1c(C)nn(CC(C)C)c1C)c1ccccc1. The Labute approximate surface area is 170 Å². The smallest absolute Gasteiger partial charge is 0.224 e. The molecule has 0 aliphatic carbocycles. The molecule has 1 unspecified atom stereocenters. The zero-order chi connectivity index (χ0) is 20.7. The van der Waals surface area contributed by atoms with E-state index in [0.717, 1.165) is 36.6 Å². The Kier molecular flexibility index (Phi) is 8.24. The Morgan fingerprint density at radius 3 is 2.36 bits per heavy atom. The van der Waals surface area contributed by atoms with E-state index in [1.54, 1.807) is 0 Å². The third-order valence-electron chi connectivity index (χ3n) is 5.34. The number of benzene rings is 1. The number of nitrogens with zero attached hydrogens (tertiary/aromatic N) is 3. The third-order valence-corrected chi connectivity index (χ3v) is 5.34. The minimum Gasteiger partial charge on any atom is -0.354 e. The molecule has 0 saturated carbocycles. The lowest BCUT2D eigenvalue weighted by molar-refractivity contribution is -0.120. The van der Waals surface area contributed by atoms with Gasteiger partial charge in [-0.2, -0.15) is 5.10 Å². The molecule has 154 valence electrons. The maximum Gasteiger partial charge on any atom is 0.224 e. The molecular weight excluding hydrogens is 348 g/mol. The van der Waals surface area contributed by atoms with Crippen molar-refractivity contribution in [1.29, 1.82) is 0 Å². The molecule has 0 saturated heterocycles. The number of nitrogens with one attached hydrogen (secondary N) is 1. The quantitative estimate of drug-likeness (QED) is 0.676. The Morgan fingerprint density at radius 1 is 1.14 bits per heavy atom. The van der Waals surface area contributed by atoms with Crippen molar-refractivity contribution in [2.24, 2.45) is 5.92 Å². The van der Waals surface area contributed by atoms with Crippen LogP contribution in [0.2, 0.25) is 0 Å². The number of carbonyl (C=O) groups excluding carboxylic acids is 1. The molecule has 1 aromatic heterocycles. The first-order valence-corrected chi connectivity index (χ1v) is 10.5. The van der Waals surface area contributed by atoms with Crippen LogP contribution < -0.4 is 5.32 Å².